The Labute approximate surface area is 159 Å². The van der Waals surface area contributed by atoms with E-state index in [0.29, 0.717) is 5.56 Å². The summed E-state index contributed by atoms with van der Waals surface area (Å²) in [5.41, 5.74) is 2.15. The van der Waals surface area contributed by atoms with E-state index in [1.807, 2.05) is 31.2 Å². The van der Waals surface area contributed by atoms with Gasteiger partial charge in [-0.3, -0.25) is 24.6 Å². The molecule has 0 radical (unpaired) electrons. The fourth-order valence-corrected chi connectivity index (χ4v) is 3.56. The van der Waals surface area contributed by atoms with Gasteiger partial charge >= 0.3 is 5.69 Å². The number of nitro groups is 1. The number of hydrogen-bond donors (Lipinski definition) is 0. The number of rotatable bonds is 5. The van der Waals surface area contributed by atoms with Gasteiger partial charge in [-0.2, -0.15) is 0 Å². The minimum absolute atomic E-state index is 0.129. The second-order valence-corrected chi connectivity index (χ2v) is 6.94. The maximum atomic E-state index is 12.6. The van der Waals surface area contributed by atoms with Crippen LogP contribution < -0.4 is 4.74 Å². The fourth-order valence-electron chi connectivity index (χ4n) is 2.72. The van der Waals surface area contributed by atoms with Gasteiger partial charge in [0.25, 0.3) is 11.1 Å². The van der Waals surface area contributed by atoms with E-state index in [1.165, 1.54) is 30.2 Å². The number of carbonyl (C=O) groups excluding carboxylic acids is 2. The zero-order chi connectivity index (χ0) is 19.6. The highest BCUT2D eigenvalue weighted by Gasteiger charge is 2.35. The maximum absolute atomic E-state index is 12.6. The molecule has 0 atom stereocenters. The molecule has 138 valence electrons. The van der Waals surface area contributed by atoms with Gasteiger partial charge in [0.15, 0.2) is 5.75 Å². The minimum atomic E-state index is -0.556. The number of methoxy groups -OCH3 is 1. The summed E-state index contributed by atoms with van der Waals surface area (Å²) in [7, 11) is 1.35. The molecule has 0 aliphatic carbocycles. The molecule has 1 heterocycles. The van der Waals surface area contributed by atoms with Crippen molar-refractivity contribution >= 4 is 34.7 Å². The standard InChI is InChI=1S/C19H16N2O5S/c1-12-4-3-5-14(8-12)11-20-18(22)17(27-19(20)23)10-13-6-7-16(26-2)15(9-13)21(24)25/h3-10H,11H2,1-2H3/b17-10-. The largest absolute Gasteiger partial charge is 0.490 e. The minimum Gasteiger partial charge on any atom is -0.490 e. The lowest BCUT2D eigenvalue weighted by atomic mass is 10.1. The van der Waals surface area contributed by atoms with E-state index in [4.69, 9.17) is 4.74 Å². The van der Waals surface area contributed by atoms with Gasteiger partial charge in [-0.25, -0.2) is 0 Å². The number of nitro benzene ring substituents is 1. The molecule has 0 unspecified atom stereocenters. The van der Waals surface area contributed by atoms with Crippen LogP contribution in [0.4, 0.5) is 10.5 Å². The Morgan fingerprint density at radius 3 is 2.67 bits per heavy atom. The van der Waals surface area contributed by atoms with Gasteiger partial charge in [-0.05, 0) is 42.0 Å². The molecule has 0 bridgehead atoms. The average molecular weight is 384 g/mol. The lowest BCUT2D eigenvalue weighted by Crippen LogP contribution is -2.27. The van der Waals surface area contributed by atoms with E-state index in [9.17, 15) is 19.7 Å². The Balaban J connectivity index is 1.86. The van der Waals surface area contributed by atoms with Gasteiger partial charge in [0.2, 0.25) is 0 Å². The Bertz CT molecular complexity index is 970. The number of nitrogens with zero attached hydrogens (tertiary/aromatic N) is 2. The van der Waals surface area contributed by atoms with E-state index in [2.05, 4.69) is 0 Å². The normalized spacial score (nSPS) is 15.5. The van der Waals surface area contributed by atoms with Crippen LogP contribution in [-0.4, -0.2) is 28.1 Å². The van der Waals surface area contributed by atoms with Crippen molar-refractivity contribution in [2.75, 3.05) is 7.11 Å². The first kappa shape index (κ1) is 18.7. The molecule has 2 amide bonds. The number of carbonyl (C=O) groups is 2. The van der Waals surface area contributed by atoms with Crippen LogP contribution in [0.15, 0.2) is 47.4 Å². The smallest absolute Gasteiger partial charge is 0.311 e. The highest BCUT2D eigenvalue weighted by atomic mass is 32.2. The molecule has 1 aliphatic heterocycles. The van der Waals surface area contributed by atoms with Gasteiger partial charge in [0.1, 0.15) is 0 Å². The second kappa shape index (κ2) is 7.63. The zero-order valence-corrected chi connectivity index (χ0v) is 15.5. The number of imide groups is 1. The van der Waals surface area contributed by atoms with E-state index >= 15 is 0 Å². The van der Waals surface area contributed by atoms with Crippen LogP contribution in [0, 0.1) is 17.0 Å². The molecule has 1 fully saturated rings. The van der Waals surface area contributed by atoms with Crippen molar-refractivity contribution < 1.29 is 19.2 Å². The molecule has 2 aromatic rings. The van der Waals surface area contributed by atoms with Crippen LogP contribution in [0.2, 0.25) is 0 Å². The van der Waals surface area contributed by atoms with E-state index in [1.54, 1.807) is 6.07 Å². The number of benzene rings is 2. The van der Waals surface area contributed by atoms with Crippen LogP contribution in [0.3, 0.4) is 0 Å². The van der Waals surface area contributed by atoms with E-state index < -0.39 is 10.8 Å². The van der Waals surface area contributed by atoms with Crippen molar-refractivity contribution in [2.45, 2.75) is 13.5 Å². The number of ether oxygens (including phenoxy) is 1. The quantitative estimate of drug-likeness (QED) is 0.437. The van der Waals surface area contributed by atoms with Gasteiger partial charge in [0.05, 0.1) is 23.5 Å². The van der Waals surface area contributed by atoms with Crippen molar-refractivity contribution in [2.24, 2.45) is 0 Å². The van der Waals surface area contributed by atoms with Crippen LogP contribution >= 0.6 is 11.8 Å². The lowest BCUT2D eigenvalue weighted by Gasteiger charge is -2.12. The third kappa shape index (κ3) is 4.01. The molecular formula is C19H16N2O5S. The monoisotopic (exact) mass is 384 g/mol. The number of thioether (sulfide) groups is 1. The first-order chi connectivity index (χ1) is 12.9. The molecule has 7 nitrogen and oxygen atoms in total. The van der Waals surface area contributed by atoms with Crippen LogP contribution in [0.25, 0.3) is 6.08 Å². The van der Waals surface area contributed by atoms with Crippen molar-refractivity contribution in [3.05, 3.63) is 74.2 Å². The molecule has 8 heteroatoms. The molecular weight excluding hydrogens is 368 g/mol. The fraction of sp³-hybridized carbons (Fsp3) is 0.158. The molecule has 2 aromatic carbocycles. The summed E-state index contributed by atoms with van der Waals surface area (Å²) >= 11 is 0.822. The van der Waals surface area contributed by atoms with Crippen LogP contribution in [0.1, 0.15) is 16.7 Å². The van der Waals surface area contributed by atoms with Gasteiger partial charge in [-0.1, -0.05) is 35.9 Å². The predicted octanol–water partition coefficient (Wildman–Crippen LogP) is 4.15. The highest BCUT2D eigenvalue weighted by Crippen LogP contribution is 2.35. The summed E-state index contributed by atoms with van der Waals surface area (Å²) in [6, 6.07) is 11.9. The molecule has 3 rings (SSSR count). The number of aryl methyl sites for hydroxylation is 1. The maximum Gasteiger partial charge on any atom is 0.311 e. The van der Waals surface area contributed by atoms with E-state index in [-0.39, 0.29) is 28.1 Å². The van der Waals surface area contributed by atoms with E-state index in [0.717, 1.165) is 22.9 Å². The van der Waals surface area contributed by atoms with Gasteiger partial charge in [0, 0.05) is 6.07 Å². The SMILES string of the molecule is COc1ccc(/C=C2\SC(=O)N(Cc3cccc(C)c3)C2=O)cc1[N+](=O)[O-]. The summed E-state index contributed by atoms with van der Waals surface area (Å²) in [4.78, 5) is 36.8. The molecule has 27 heavy (non-hydrogen) atoms. The topological polar surface area (TPSA) is 89.8 Å². The molecule has 1 aliphatic rings. The van der Waals surface area contributed by atoms with Crippen molar-refractivity contribution in [3.63, 3.8) is 0 Å². The van der Waals surface area contributed by atoms with Crippen LogP contribution in [0.5, 0.6) is 5.75 Å². The molecule has 1 saturated heterocycles. The summed E-state index contributed by atoms with van der Waals surface area (Å²) < 4.78 is 4.97. The number of amides is 2. The molecule has 0 N–H and O–H groups in total. The van der Waals surface area contributed by atoms with Gasteiger partial charge in [-0.15, -0.1) is 0 Å². The summed E-state index contributed by atoms with van der Waals surface area (Å²) in [6.45, 7) is 2.13. The van der Waals surface area contributed by atoms with Crippen molar-refractivity contribution in [1.82, 2.24) is 4.90 Å². The summed E-state index contributed by atoms with van der Waals surface area (Å²) in [5, 5.41) is 10.8. The summed E-state index contributed by atoms with van der Waals surface area (Å²) in [5.74, 6) is -0.283. The second-order valence-electron chi connectivity index (χ2n) is 5.95. The van der Waals surface area contributed by atoms with Crippen molar-refractivity contribution in [3.8, 4) is 5.75 Å². The average Bonchev–Trinajstić information content (AvgIpc) is 2.89. The molecule has 0 spiro atoms. The zero-order valence-electron chi connectivity index (χ0n) is 14.7. The first-order valence-electron chi connectivity index (χ1n) is 8.02. The lowest BCUT2D eigenvalue weighted by molar-refractivity contribution is -0.385. The first-order valence-corrected chi connectivity index (χ1v) is 8.84. The Morgan fingerprint density at radius 2 is 2.00 bits per heavy atom. The Morgan fingerprint density at radius 1 is 1.22 bits per heavy atom. The highest BCUT2D eigenvalue weighted by molar-refractivity contribution is 8.18. The predicted molar refractivity (Wildman–Crippen MR) is 102 cm³/mol. The van der Waals surface area contributed by atoms with Crippen LogP contribution in [-0.2, 0) is 11.3 Å². The Hall–Kier alpha value is -3.13. The summed E-state index contributed by atoms with van der Waals surface area (Å²) in [6.07, 6.45) is 1.48. The van der Waals surface area contributed by atoms with Gasteiger partial charge < -0.3 is 4.74 Å². The third-order valence-corrected chi connectivity index (χ3v) is 4.90. The molecule has 0 saturated carbocycles. The Kier molecular flexibility index (Phi) is 5.27. The molecule has 0 aromatic heterocycles. The third-order valence-electron chi connectivity index (χ3n) is 3.99. The number of hydrogen-bond acceptors (Lipinski definition) is 6. The van der Waals surface area contributed by atoms with Crippen molar-refractivity contribution in [1.29, 1.82) is 0 Å².